The molecule has 1 aliphatic heterocycles. The second-order valence-corrected chi connectivity index (χ2v) is 6.79. The lowest BCUT2D eigenvalue weighted by Crippen LogP contribution is -2.42. The van der Waals surface area contributed by atoms with Crippen LogP contribution in [0.15, 0.2) is 17.1 Å². The molecule has 24 heavy (non-hydrogen) atoms. The highest BCUT2D eigenvalue weighted by atomic mass is 31.2. The van der Waals surface area contributed by atoms with Crippen molar-refractivity contribution in [2.45, 2.75) is 30.6 Å². The molecule has 1 saturated heterocycles. The molecule has 0 radical (unpaired) electrons. The number of nitrogens with zero attached hydrogens (tertiary/aromatic N) is 2. The lowest BCUT2D eigenvalue weighted by molar-refractivity contribution is -0.105. The molecule has 1 fully saturated rings. The average Bonchev–Trinajstić information content (AvgIpc) is 2.80. The summed E-state index contributed by atoms with van der Waals surface area (Å²) in [6.07, 6.45) is -6.98. The maximum atomic E-state index is 11.8. The summed E-state index contributed by atoms with van der Waals surface area (Å²) in [5.74, 6) is -0.0509. The van der Waals surface area contributed by atoms with Crippen LogP contribution in [0.4, 0.5) is 5.82 Å². The van der Waals surface area contributed by atoms with Crippen LogP contribution >= 0.6 is 7.60 Å². The number of aliphatic hydroxyl groups excluding tert-OH is 3. The minimum atomic E-state index is -4.55. The summed E-state index contributed by atoms with van der Waals surface area (Å²) in [4.78, 5) is 33.1. The summed E-state index contributed by atoms with van der Waals surface area (Å²) in [7, 11) is -4.55. The first-order valence-corrected chi connectivity index (χ1v) is 8.57. The standard InChI is InChI=1S/C11H18N3O9P/c12-6-1-2-14(11(18)13-6)10-7(17)9(22-4-24(19,20)21)8(23-10)5(16)3-15/h1-2,5,7-10,15-17H,3-4H2,(H2,12,13,18)(H2,19,20,21)/t5-,7-,8+,9-,10-/m1/s1. The van der Waals surface area contributed by atoms with E-state index in [1.165, 1.54) is 12.3 Å². The quantitative estimate of drug-likeness (QED) is 0.279. The zero-order valence-electron chi connectivity index (χ0n) is 12.2. The van der Waals surface area contributed by atoms with E-state index in [-0.39, 0.29) is 5.82 Å². The van der Waals surface area contributed by atoms with Crippen molar-refractivity contribution in [3.8, 4) is 0 Å². The first-order valence-electron chi connectivity index (χ1n) is 6.77. The van der Waals surface area contributed by atoms with Crippen LogP contribution in [0.1, 0.15) is 6.23 Å². The van der Waals surface area contributed by atoms with Gasteiger partial charge in [-0.15, -0.1) is 0 Å². The fourth-order valence-electron chi connectivity index (χ4n) is 2.32. The van der Waals surface area contributed by atoms with Crippen LogP contribution in [-0.2, 0) is 14.0 Å². The summed E-state index contributed by atoms with van der Waals surface area (Å²) in [5, 5.41) is 29.1. The third kappa shape index (κ3) is 4.18. The van der Waals surface area contributed by atoms with Gasteiger partial charge in [0.1, 0.15) is 36.6 Å². The molecule has 13 heteroatoms. The monoisotopic (exact) mass is 367 g/mol. The zero-order valence-corrected chi connectivity index (χ0v) is 13.1. The van der Waals surface area contributed by atoms with E-state index in [4.69, 9.17) is 30.1 Å². The van der Waals surface area contributed by atoms with Crippen molar-refractivity contribution in [2.24, 2.45) is 0 Å². The Morgan fingerprint density at radius 1 is 1.50 bits per heavy atom. The Morgan fingerprint density at radius 2 is 2.17 bits per heavy atom. The minimum absolute atomic E-state index is 0.0509. The number of hydrogen-bond donors (Lipinski definition) is 6. The van der Waals surface area contributed by atoms with Crippen LogP contribution in [0.25, 0.3) is 0 Å². The van der Waals surface area contributed by atoms with Crippen molar-refractivity contribution >= 4 is 13.4 Å². The maximum absolute atomic E-state index is 11.8. The topological polar surface area (TPSA) is 198 Å². The van der Waals surface area contributed by atoms with Gasteiger partial charge in [0.2, 0.25) is 0 Å². The molecule has 5 atom stereocenters. The van der Waals surface area contributed by atoms with Crippen LogP contribution in [-0.4, -0.2) is 72.0 Å². The fraction of sp³-hybridized carbons (Fsp3) is 0.636. The molecule has 0 saturated carbocycles. The van der Waals surface area contributed by atoms with E-state index in [0.29, 0.717) is 0 Å². The van der Waals surface area contributed by atoms with E-state index in [1.807, 2.05) is 0 Å². The van der Waals surface area contributed by atoms with Crippen molar-refractivity contribution in [1.29, 1.82) is 0 Å². The number of nitrogens with two attached hydrogens (primary N) is 1. The molecule has 0 amide bonds. The molecule has 2 rings (SSSR count). The van der Waals surface area contributed by atoms with Crippen LogP contribution in [0.5, 0.6) is 0 Å². The molecule has 12 nitrogen and oxygen atoms in total. The number of aliphatic hydroxyl groups is 3. The molecule has 1 aromatic heterocycles. The number of hydrogen-bond acceptors (Lipinski definition) is 9. The Bertz CT molecular complexity index is 677. The molecule has 2 heterocycles. The first kappa shape index (κ1) is 19.0. The van der Waals surface area contributed by atoms with Gasteiger partial charge in [-0.05, 0) is 6.07 Å². The molecule has 0 spiro atoms. The zero-order chi connectivity index (χ0) is 18.1. The predicted octanol–water partition coefficient (Wildman–Crippen LogP) is -3.04. The Morgan fingerprint density at radius 3 is 2.71 bits per heavy atom. The fourth-order valence-corrected chi connectivity index (χ4v) is 2.68. The smallest absolute Gasteiger partial charge is 0.351 e. The van der Waals surface area contributed by atoms with Gasteiger partial charge in [-0.2, -0.15) is 4.98 Å². The van der Waals surface area contributed by atoms with Gasteiger partial charge in [0, 0.05) is 6.20 Å². The van der Waals surface area contributed by atoms with E-state index in [0.717, 1.165) is 4.57 Å². The van der Waals surface area contributed by atoms with E-state index < -0.39 is 56.9 Å². The van der Waals surface area contributed by atoms with Gasteiger partial charge in [-0.25, -0.2) is 4.79 Å². The van der Waals surface area contributed by atoms with Crippen LogP contribution in [0.3, 0.4) is 0 Å². The van der Waals surface area contributed by atoms with Gasteiger partial charge in [0.25, 0.3) is 0 Å². The summed E-state index contributed by atoms with van der Waals surface area (Å²) in [6, 6.07) is 1.28. The Kier molecular flexibility index (Phi) is 5.73. The number of ether oxygens (including phenoxy) is 2. The van der Waals surface area contributed by atoms with Gasteiger partial charge in [-0.3, -0.25) is 9.13 Å². The van der Waals surface area contributed by atoms with Crippen molar-refractivity contribution in [3.63, 3.8) is 0 Å². The van der Waals surface area contributed by atoms with Crippen molar-refractivity contribution in [1.82, 2.24) is 9.55 Å². The third-order valence-corrected chi connectivity index (χ3v) is 3.86. The second kappa shape index (κ2) is 7.25. The summed E-state index contributed by atoms with van der Waals surface area (Å²) >= 11 is 0. The molecule has 0 bridgehead atoms. The van der Waals surface area contributed by atoms with Gasteiger partial charge in [0.15, 0.2) is 6.23 Å². The van der Waals surface area contributed by atoms with E-state index in [9.17, 15) is 19.6 Å². The van der Waals surface area contributed by atoms with E-state index >= 15 is 0 Å². The molecule has 7 N–H and O–H groups in total. The second-order valence-electron chi connectivity index (χ2n) is 5.20. The number of aromatic nitrogens is 2. The highest BCUT2D eigenvalue weighted by Crippen LogP contribution is 2.38. The normalized spacial score (nSPS) is 28.9. The van der Waals surface area contributed by atoms with Crippen molar-refractivity contribution in [3.05, 3.63) is 22.7 Å². The minimum Gasteiger partial charge on any atom is -0.394 e. The molecule has 0 aliphatic carbocycles. The molecule has 136 valence electrons. The number of rotatable bonds is 6. The van der Waals surface area contributed by atoms with Crippen molar-refractivity contribution < 1.29 is 39.1 Å². The lowest BCUT2D eigenvalue weighted by Gasteiger charge is -2.23. The van der Waals surface area contributed by atoms with Gasteiger partial charge in [0.05, 0.1) is 6.61 Å². The molecule has 1 aromatic rings. The number of anilines is 1. The van der Waals surface area contributed by atoms with Crippen LogP contribution < -0.4 is 11.4 Å². The molecule has 0 unspecified atom stereocenters. The van der Waals surface area contributed by atoms with Gasteiger partial charge < -0.3 is 40.3 Å². The summed E-state index contributed by atoms with van der Waals surface area (Å²) < 4.78 is 22.1. The molecular formula is C11H18N3O9P. The largest absolute Gasteiger partial charge is 0.394 e. The Labute approximate surface area is 135 Å². The van der Waals surface area contributed by atoms with Gasteiger partial charge >= 0.3 is 13.3 Å². The first-order chi connectivity index (χ1) is 11.1. The summed E-state index contributed by atoms with van der Waals surface area (Å²) in [5.41, 5.74) is 4.53. The third-order valence-electron chi connectivity index (χ3n) is 3.38. The van der Waals surface area contributed by atoms with Crippen LogP contribution in [0.2, 0.25) is 0 Å². The predicted molar refractivity (Wildman–Crippen MR) is 77.7 cm³/mol. The Balaban J connectivity index is 2.29. The van der Waals surface area contributed by atoms with E-state index in [2.05, 4.69) is 4.98 Å². The maximum Gasteiger partial charge on any atom is 0.351 e. The highest BCUT2D eigenvalue weighted by molar-refractivity contribution is 7.51. The molecule has 1 aliphatic rings. The molecular weight excluding hydrogens is 349 g/mol. The van der Waals surface area contributed by atoms with Crippen LogP contribution in [0, 0.1) is 0 Å². The average molecular weight is 367 g/mol. The summed E-state index contributed by atoms with van der Waals surface area (Å²) in [6.45, 7) is -0.755. The van der Waals surface area contributed by atoms with Gasteiger partial charge in [-0.1, -0.05) is 0 Å². The number of nitrogen functional groups attached to an aromatic ring is 1. The Hall–Kier alpha value is -1.37. The lowest BCUT2D eigenvalue weighted by atomic mass is 10.1. The highest BCUT2D eigenvalue weighted by Gasteiger charge is 2.49. The molecule has 0 aromatic carbocycles. The van der Waals surface area contributed by atoms with E-state index in [1.54, 1.807) is 0 Å². The SMILES string of the molecule is Nc1ccn([C@@H]2O[C@@H]([C@H](O)CO)[C@H](OCP(=O)(O)O)[C@H]2O)c(=O)n1. The van der Waals surface area contributed by atoms with Crippen molar-refractivity contribution in [2.75, 3.05) is 18.7 Å².